The molecule has 4 nitrogen and oxygen atoms in total. The summed E-state index contributed by atoms with van der Waals surface area (Å²) in [5.74, 6) is 0.614. The molecule has 2 aromatic carbocycles. The number of nitrogens with zero attached hydrogens (tertiary/aromatic N) is 2. The van der Waals surface area contributed by atoms with E-state index in [-0.39, 0.29) is 12.1 Å². The van der Waals surface area contributed by atoms with E-state index < -0.39 is 0 Å². The number of hydrogen-bond donors (Lipinski definition) is 1. The van der Waals surface area contributed by atoms with Crippen LogP contribution in [0.4, 0.5) is 11.5 Å². The molecule has 0 fully saturated rings. The average molecular weight is 329 g/mol. The highest BCUT2D eigenvalue weighted by atomic mass is 16.2. The summed E-state index contributed by atoms with van der Waals surface area (Å²) in [6.45, 7) is 4.18. The number of pyridine rings is 1. The molecule has 1 amide bonds. The molecule has 124 valence electrons. The number of nitrogens with one attached hydrogen (secondary N) is 1. The molecule has 1 aliphatic rings. The molecule has 1 atom stereocenters. The number of amides is 1. The molecule has 3 aromatic rings. The van der Waals surface area contributed by atoms with E-state index in [0.717, 1.165) is 16.8 Å². The highest BCUT2D eigenvalue weighted by Crippen LogP contribution is 2.37. The number of rotatable bonds is 3. The SMILES string of the molecule is Cc1cccc(NC2c3ccccc3C(=O)N2c2ccccn2)c1C. The van der Waals surface area contributed by atoms with E-state index in [1.165, 1.54) is 11.1 Å². The third kappa shape index (κ3) is 2.56. The highest BCUT2D eigenvalue weighted by Gasteiger charge is 2.38. The third-order valence-electron chi connectivity index (χ3n) is 4.76. The maximum absolute atomic E-state index is 13.0. The van der Waals surface area contributed by atoms with Crippen LogP contribution in [0.2, 0.25) is 0 Å². The van der Waals surface area contributed by atoms with Crippen molar-refractivity contribution in [1.29, 1.82) is 0 Å². The predicted molar refractivity (Wildman–Crippen MR) is 99.8 cm³/mol. The molecule has 2 heterocycles. The Morgan fingerprint density at radius 2 is 1.76 bits per heavy atom. The lowest BCUT2D eigenvalue weighted by Crippen LogP contribution is -2.33. The van der Waals surface area contributed by atoms with Gasteiger partial charge in [-0.3, -0.25) is 9.69 Å². The van der Waals surface area contributed by atoms with Gasteiger partial charge >= 0.3 is 0 Å². The molecule has 1 unspecified atom stereocenters. The molecule has 1 N–H and O–H groups in total. The molecular weight excluding hydrogens is 310 g/mol. The lowest BCUT2D eigenvalue weighted by Gasteiger charge is -2.27. The molecule has 0 saturated heterocycles. The van der Waals surface area contributed by atoms with E-state index in [9.17, 15) is 4.79 Å². The van der Waals surface area contributed by atoms with Gasteiger partial charge in [0.05, 0.1) is 0 Å². The number of fused-ring (bicyclic) bond motifs is 1. The molecule has 0 spiro atoms. The average Bonchev–Trinajstić information content (AvgIpc) is 2.92. The summed E-state index contributed by atoms with van der Waals surface area (Å²) in [5.41, 5.74) is 5.11. The Morgan fingerprint density at radius 3 is 2.56 bits per heavy atom. The zero-order chi connectivity index (χ0) is 17.4. The third-order valence-corrected chi connectivity index (χ3v) is 4.76. The Kier molecular flexibility index (Phi) is 3.73. The standard InChI is InChI=1S/C21H19N3O/c1-14-8-7-11-18(15(14)2)23-20-16-9-3-4-10-17(16)21(25)24(20)19-12-5-6-13-22-19/h3-13,20,23H,1-2H3. The fourth-order valence-electron chi connectivity index (χ4n) is 3.25. The predicted octanol–water partition coefficient (Wildman–Crippen LogP) is 4.47. The Balaban J connectivity index is 1.81. The second-order valence-electron chi connectivity index (χ2n) is 6.24. The van der Waals surface area contributed by atoms with Crippen molar-refractivity contribution in [1.82, 2.24) is 4.98 Å². The summed E-state index contributed by atoms with van der Waals surface area (Å²) in [6.07, 6.45) is 1.43. The number of carbonyl (C=O) groups is 1. The first kappa shape index (κ1) is 15.4. The van der Waals surface area contributed by atoms with Crippen LogP contribution in [0.1, 0.15) is 33.2 Å². The van der Waals surface area contributed by atoms with Crippen molar-refractivity contribution < 1.29 is 4.79 Å². The van der Waals surface area contributed by atoms with Crippen LogP contribution in [-0.4, -0.2) is 10.9 Å². The van der Waals surface area contributed by atoms with Crippen LogP contribution in [0.15, 0.2) is 66.9 Å². The van der Waals surface area contributed by atoms with Gasteiger partial charge in [-0.2, -0.15) is 0 Å². The van der Waals surface area contributed by atoms with Gasteiger partial charge in [0, 0.05) is 23.0 Å². The van der Waals surface area contributed by atoms with Gasteiger partial charge in [-0.15, -0.1) is 0 Å². The maximum Gasteiger partial charge on any atom is 0.261 e. The monoisotopic (exact) mass is 329 g/mol. The normalized spacial score (nSPS) is 16.0. The molecule has 4 rings (SSSR count). The lowest BCUT2D eigenvalue weighted by molar-refractivity contribution is 0.0992. The lowest BCUT2D eigenvalue weighted by atomic mass is 10.1. The van der Waals surface area contributed by atoms with Gasteiger partial charge in [0.2, 0.25) is 0 Å². The summed E-state index contributed by atoms with van der Waals surface area (Å²) in [6, 6.07) is 19.5. The summed E-state index contributed by atoms with van der Waals surface area (Å²) >= 11 is 0. The van der Waals surface area contributed by atoms with E-state index in [2.05, 4.69) is 30.2 Å². The largest absolute Gasteiger partial charge is 0.361 e. The highest BCUT2D eigenvalue weighted by molar-refractivity contribution is 6.11. The zero-order valence-corrected chi connectivity index (χ0v) is 14.2. The van der Waals surface area contributed by atoms with Crippen LogP contribution in [0.5, 0.6) is 0 Å². The minimum absolute atomic E-state index is 0.0305. The quantitative estimate of drug-likeness (QED) is 0.771. The minimum Gasteiger partial charge on any atom is -0.361 e. The number of aryl methyl sites for hydroxylation is 1. The second kappa shape index (κ2) is 6.06. The number of hydrogen-bond acceptors (Lipinski definition) is 3. The van der Waals surface area contributed by atoms with Crippen molar-refractivity contribution in [2.75, 3.05) is 10.2 Å². The summed E-state index contributed by atoms with van der Waals surface area (Å²) in [5, 5.41) is 3.55. The zero-order valence-electron chi connectivity index (χ0n) is 14.2. The number of anilines is 2. The van der Waals surface area contributed by atoms with Gasteiger partial charge in [0.25, 0.3) is 5.91 Å². The Hall–Kier alpha value is -3.14. The van der Waals surface area contributed by atoms with Crippen LogP contribution in [-0.2, 0) is 0 Å². The molecule has 1 aromatic heterocycles. The van der Waals surface area contributed by atoms with E-state index in [1.54, 1.807) is 11.1 Å². The topological polar surface area (TPSA) is 45.2 Å². The summed E-state index contributed by atoms with van der Waals surface area (Å²) in [7, 11) is 0. The Labute approximate surface area is 147 Å². The van der Waals surface area contributed by atoms with Crippen molar-refractivity contribution in [3.05, 3.63) is 89.1 Å². The van der Waals surface area contributed by atoms with Crippen LogP contribution >= 0.6 is 0 Å². The van der Waals surface area contributed by atoms with E-state index in [4.69, 9.17) is 0 Å². The van der Waals surface area contributed by atoms with Gasteiger partial charge in [-0.25, -0.2) is 4.98 Å². The van der Waals surface area contributed by atoms with Crippen molar-refractivity contribution in [3.8, 4) is 0 Å². The van der Waals surface area contributed by atoms with Crippen molar-refractivity contribution in [2.45, 2.75) is 20.0 Å². The van der Waals surface area contributed by atoms with Crippen LogP contribution in [0, 0.1) is 13.8 Å². The minimum atomic E-state index is -0.279. The van der Waals surface area contributed by atoms with Gasteiger partial charge < -0.3 is 5.32 Å². The fourth-order valence-corrected chi connectivity index (χ4v) is 3.25. The molecule has 0 aliphatic carbocycles. The van der Waals surface area contributed by atoms with E-state index in [0.29, 0.717) is 5.82 Å². The molecule has 0 saturated carbocycles. The van der Waals surface area contributed by atoms with Gasteiger partial charge in [-0.05, 0) is 49.2 Å². The Morgan fingerprint density at radius 1 is 0.960 bits per heavy atom. The molecule has 0 bridgehead atoms. The second-order valence-corrected chi connectivity index (χ2v) is 6.24. The summed E-state index contributed by atoms with van der Waals surface area (Å²) < 4.78 is 0. The van der Waals surface area contributed by atoms with Gasteiger partial charge in [-0.1, -0.05) is 36.4 Å². The van der Waals surface area contributed by atoms with Crippen molar-refractivity contribution in [2.24, 2.45) is 0 Å². The van der Waals surface area contributed by atoms with Crippen molar-refractivity contribution >= 4 is 17.4 Å². The number of aromatic nitrogens is 1. The van der Waals surface area contributed by atoms with Crippen molar-refractivity contribution in [3.63, 3.8) is 0 Å². The molecule has 25 heavy (non-hydrogen) atoms. The van der Waals surface area contributed by atoms with Crippen LogP contribution in [0.3, 0.4) is 0 Å². The number of benzene rings is 2. The molecule has 1 aliphatic heterocycles. The fraction of sp³-hybridized carbons (Fsp3) is 0.143. The summed E-state index contributed by atoms with van der Waals surface area (Å²) in [4.78, 5) is 19.1. The molecule has 0 radical (unpaired) electrons. The maximum atomic E-state index is 13.0. The van der Waals surface area contributed by atoms with E-state index >= 15 is 0 Å². The van der Waals surface area contributed by atoms with Gasteiger partial charge in [0.1, 0.15) is 12.0 Å². The first-order chi connectivity index (χ1) is 12.2. The van der Waals surface area contributed by atoms with E-state index in [1.807, 2.05) is 54.6 Å². The Bertz CT molecular complexity index is 937. The smallest absolute Gasteiger partial charge is 0.261 e. The molecular formula is C21H19N3O. The van der Waals surface area contributed by atoms with Crippen LogP contribution in [0.25, 0.3) is 0 Å². The first-order valence-electron chi connectivity index (χ1n) is 8.33. The van der Waals surface area contributed by atoms with Crippen LogP contribution < -0.4 is 10.2 Å². The van der Waals surface area contributed by atoms with Gasteiger partial charge in [0.15, 0.2) is 0 Å². The number of carbonyl (C=O) groups excluding carboxylic acids is 1. The molecule has 4 heteroatoms. The first-order valence-corrected chi connectivity index (χ1v) is 8.33.